The largest absolute Gasteiger partial charge is 0.478 e. The van der Waals surface area contributed by atoms with Gasteiger partial charge in [-0.1, -0.05) is 17.7 Å². The lowest BCUT2D eigenvalue weighted by atomic mass is 10.1. The summed E-state index contributed by atoms with van der Waals surface area (Å²) in [6, 6.07) is 8.90. The number of halogens is 1. The normalized spacial score (nSPS) is 10.3. The molecular formula is C13H12ClNO2S. The average Bonchev–Trinajstić information content (AvgIpc) is 2.84. The molecule has 0 aliphatic rings. The number of aromatic carboxylic acids is 1. The van der Waals surface area contributed by atoms with Crippen LogP contribution in [0.25, 0.3) is 0 Å². The summed E-state index contributed by atoms with van der Waals surface area (Å²) < 4.78 is 0. The van der Waals surface area contributed by atoms with Crippen molar-refractivity contribution < 1.29 is 9.90 Å². The third kappa shape index (κ3) is 3.24. The van der Waals surface area contributed by atoms with Crippen molar-refractivity contribution in [3.05, 3.63) is 51.2 Å². The van der Waals surface area contributed by atoms with Crippen LogP contribution in [-0.2, 0) is 6.42 Å². The van der Waals surface area contributed by atoms with Gasteiger partial charge in [-0.2, -0.15) is 0 Å². The molecule has 0 atom stereocenters. The van der Waals surface area contributed by atoms with Crippen LogP contribution in [0.1, 0.15) is 15.2 Å². The molecule has 0 fully saturated rings. The number of carboxylic acid groups (broad SMARTS) is 1. The van der Waals surface area contributed by atoms with Gasteiger partial charge in [0.25, 0.3) is 0 Å². The van der Waals surface area contributed by atoms with Crippen molar-refractivity contribution in [2.45, 2.75) is 6.42 Å². The Morgan fingerprint density at radius 3 is 2.89 bits per heavy atom. The SMILES string of the molecule is O=C(O)c1cc(Cl)ccc1NCCc1cccs1. The second-order valence-electron chi connectivity index (χ2n) is 3.75. The zero-order valence-electron chi connectivity index (χ0n) is 9.52. The highest BCUT2D eigenvalue weighted by Gasteiger charge is 2.10. The summed E-state index contributed by atoms with van der Waals surface area (Å²) in [5.41, 5.74) is 0.803. The fourth-order valence-electron chi connectivity index (χ4n) is 1.62. The minimum absolute atomic E-state index is 0.202. The molecule has 0 bridgehead atoms. The molecule has 0 radical (unpaired) electrons. The van der Waals surface area contributed by atoms with Crippen molar-refractivity contribution >= 4 is 34.6 Å². The van der Waals surface area contributed by atoms with E-state index in [4.69, 9.17) is 16.7 Å². The number of benzene rings is 1. The first kappa shape index (κ1) is 12.9. The summed E-state index contributed by atoms with van der Waals surface area (Å²) in [6.45, 7) is 0.697. The van der Waals surface area contributed by atoms with Gasteiger partial charge in [0.05, 0.1) is 5.56 Å². The second kappa shape index (κ2) is 5.89. The van der Waals surface area contributed by atoms with E-state index in [1.165, 1.54) is 10.9 Å². The van der Waals surface area contributed by atoms with Crippen LogP contribution >= 0.6 is 22.9 Å². The van der Waals surface area contributed by atoms with Crippen molar-refractivity contribution in [2.24, 2.45) is 0 Å². The van der Waals surface area contributed by atoms with Crippen LogP contribution in [0.5, 0.6) is 0 Å². The molecule has 0 saturated carbocycles. The number of rotatable bonds is 5. The van der Waals surface area contributed by atoms with Crippen LogP contribution in [0.15, 0.2) is 35.7 Å². The van der Waals surface area contributed by atoms with Gasteiger partial charge in [0.15, 0.2) is 0 Å². The van der Waals surface area contributed by atoms with Crippen LogP contribution < -0.4 is 5.32 Å². The first-order chi connectivity index (χ1) is 8.66. The van der Waals surface area contributed by atoms with Gasteiger partial charge in [-0.05, 0) is 36.1 Å². The highest BCUT2D eigenvalue weighted by Crippen LogP contribution is 2.21. The Balaban J connectivity index is 2.02. The van der Waals surface area contributed by atoms with Gasteiger partial charge in [0.2, 0.25) is 0 Å². The Bertz CT molecular complexity index is 540. The average molecular weight is 282 g/mol. The van der Waals surface area contributed by atoms with Crippen LogP contribution in [-0.4, -0.2) is 17.6 Å². The van der Waals surface area contributed by atoms with Gasteiger partial charge in [0.1, 0.15) is 0 Å². The van der Waals surface area contributed by atoms with E-state index in [2.05, 4.69) is 11.4 Å². The number of anilines is 1. The number of nitrogens with one attached hydrogen (secondary N) is 1. The second-order valence-corrected chi connectivity index (χ2v) is 5.22. The summed E-state index contributed by atoms with van der Waals surface area (Å²) in [5.74, 6) is -0.976. The number of carboxylic acids is 1. The summed E-state index contributed by atoms with van der Waals surface area (Å²) in [6.07, 6.45) is 0.874. The van der Waals surface area contributed by atoms with Gasteiger partial charge in [-0.25, -0.2) is 4.79 Å². The van der Waals surface area contributed by atoms with E-state index < -0.39 is 5.97 Å². The van der Waals surface area contributed by atoms with Gasteiger partial charge in [0, 0.05) is 22.1 Å². The molecule has 2 N–H and O–H groups in total. The molecule has 18 heavy (non-hydrogen) atoms. The molecule has 0 aliphatic heterocycles. The molecule has 1 aromatic heterocycles. The van der Waals surface area contributed by atoms with Crippen molar-refractivity contribution in [1.82, 2.24) is 0 Å². The van der Waals surface area contributed by atoms with E-state index in [-0.39, 0.29) is 5.56 Å². The Kier molecular flexibility index (Phi) is 4.23. The van der Waals surface area contributed by atoms with E-state index in [1.807, 2.05) is 11.4 Å². The minimum atomic E-state index is -0.976. The lowest BCUT2D eigenvalue weighted by molar-refractivity contribution is 0.0698. The summed E-state index contributed by atoms with van der Waals surface area (Å²) >= 11 is 7.48. The van der Waals surface area contributed by atoms with E-state index in [1.54, 1.807) is 23.5 Å². The first-order valence-electron chi connectivity index (χ1n) is 5.46. The molecule has 0 saturated heterocycles. The van der Waals surface area contributed by atoms with E-state index in [0.717, 1.165) is 6.42 Å². The molecule has 0 amide bonds. The van der Waals surface area contributed by atoms with Gasteiger partial charge >= 0.3 is 5.97 Å². The summed E-state index contributed by atoms with van der Waals surface area (Å²) in [5, 5.41) is 14.7. The Hall–Kier alpha value is -1.52. The van der Waals surface area contributed by atoms with Crippen molar-refractivity contribution in [1.29, 1.82) is 0 Å². The zero-order chi connectivity index (χ0) is 13.0. The molecule has 0 aliphatic carbocycles. The number of thiophene rings is 1. The van der Waals surface area contributed by atoms with Crippen LogP contribution in [0.3, 0.4) is 0 Å². The third-order valence-corrected chi connectivity index (χ3v) is 3.65. The third-order valence-electron chi connectivity index (χ3n) is 2.48. The molecule has 94 valence electrons. The molecule has 0 spiro atoms. The van der Waals surface area contributed by atoms with Crippen molar-refractivity contribution in [2.75, 3.05) is 11.9 Å². The van der Waals surface area contributed by atoms with Crippen molar-refractivity contribution in [3.63, 3.8) is 0 Å². The molecule has 0 unspecified atom stereocenters. The van der Waals surface area contributed by atoms with E-state index in [0.29, 0.717) is 17.3 Å². The monoisotopic (exact) mass is 281 g/mol. The van der Waals surface area contributed by atoms with E-state index in [9.17, 15) is 4.79 Å². The number of hydrogen-bond acceptors (Lipinski definition) is 3. The molecule has 5 heteroatoms. The predicted octanol–water partition coefficient (Wildman–Crippen LogP) is 3.75. The Morgan fingerprint density at radius 2 is 2.22 bits per heavy atom. The number of carbonyl (C=O) groups is 1. The lowest BCUT2D eigenvalue weighted by Crippen LogP contribution is -2.09. The highest BCUT2D eigenvalue weighted by atomic mass is 35.5. The maximum absolute atomic E-state index is 11.1. The maximum Gasteiger partial charge on any atom is 0.337 e. The maximum atomic E-state index is 11.1. The van der Waals surface area contributed by atoms with Crippen LogP contribution in [0, 0.1) is 0 Å². The van der Waals surface area contributed by atoms with Crippen LogP contribution in [0.4, 0.5) is 5.69 Å². The van der Waals surface area contributed by atoms with Gasteiger partial charge < -0.3 is 10.4 Å². The lowest BCUT2D eigenvalue weighted by Gasteiger charge is -2.09. The van der Waals surface area contributed by atoms with Crippen molar-refractivity contribution in [3.8, 4) is 0 Å². The fraction of sp³-hybridized carbons (Fsp3) is 0.154. The molecular weight excluding hydrogens is 270 g/mol. The fourth-order valence-corrected chi connectivity index (χ4v) is 2.50. The van der Waals surface area contributed by atoms with Crippen LogP contribution in [0.2, 0.25) is 5.02 Å². The first-order valence-corrected chi connectivity index (χ1v) is 6.71. The molecule has 1 aromatic carbocycles. The summed E-state index contributed by atoms with van der Waals surface area (Å²) in [4.78, 5) is 12.3. The number of hydrogen-bond donors (Lipinski definition) is 2. The van der Waals surface area contributed by atoms with Gasteiger partial charge in [-0.15, -0.1) is 11.3 Å². The van der Waals surface area contributed by atoms with Gasteiger partial charge in [-0.3, -0.25) is 0 Å². The van der Waals surface area contributed by atoms with E-state index >= 15 is 0 Å². The standard InChI is InChI=1S/C13H12ClNO2S/c14-9-3-4-12(11(8-9)13(16)17)15-6-5-10-2-1-7-18-10/h1-4,7-8,15H,5-6H2,(H,16,17). The Labute approximate surface area is 114 Å². The smallest absolute Gasteiger partial charge is 0.337 e. The molecule has 2 rings (SSSR count). The Morgan fingerprint density at radius 1 is 1.39 bits per heavy atom. The molecule has 2 aromatic rings. The predicted molar refractivity (Wildman–Crippen MR) is 74.9 cm³/mol. The minimum Gasteiger partial charge on any atom is -0.478 e. The quantitative estimate of drug-likeness (QED) is 0.877. The zero-order valence-corrected chi connectivity index (χ0v) is 11.1. The summed E-state index contributed by atoms with van der Waals surface area (Å²) in [7, 11) is 0. The molecule has 1 heterocycles. The highest BCUT2D eigenvalue weighted by molar-refractivity contribution is 7.09. The topological polar surface area (TPSA) is 49.3 Å². The molecule has 3 nitrogen and oxygen atoms in total.